The van der Waals surface area contributed by atoms with Gasteiger partial charge < -0.3 is 9.80 Å². The predicted molar refractivity (Wildman–Crippen MR) is 104 cm³/mol. The Bertz CT molecular complexity index is 780. The average molecular weight is 396 g/mol. The molecule has 1 heterocycles. The summed E-state index contributed by atoms with van der Waals surface area (Å²) in [6.45, 7) is 5.12. The normalized spacial score (nSPS) is 20.9. The highest BCUT2D eigenvalue weighted by Crippen LogP contribution is 2.26. The first-order valence-corrected chi connectivity index (χ1v) is 10.5. The molecule has 0 N–H and O–H groups in total. The van der Waals surface area contributed by atoms with Gasteiger partial charge in [-0.3, -0.25) is 9.59 Å². The lowest BCUT2D eigenvalue weighted by Gasteiger charge is -2.34. The second kappa shape index (κ2) is 8.39. The molecule has 1 fully saturated rings. The van der Waals surface area contributed by atoms with Crippen molar-refractivity contribution in [1.29, 1.82) is 0 Å². The Balaban J connectivity index is 2.14. The van der Waals surface area contributed by atoms with Gasteiger partial charge in [0, 0.05) is 39.8 Å². The van der Waals surface area contributed by atoms with Crippen LogP contribution in [-0.2, 0) is 14.8 Å². The van der Waals surface area contributed by atoms with Crippen molar-refractivity contribution in [3.05, 3.63) is 29.8 Å². The number of amides is 2. The van der Waals surface area contributed by atoms with E-state index in [4.69, 9.17) is 0 Å². The van der Waals surface area contributed by atoms with Crippen LogP contribution in [0, 0.1) is 11.8 Å². The summed E-state index contributed by atoms with van der Waals surface area (Å²) in [6.07, 6.45) is 1.03. The van der Waals surface area contributed by atoms with E-state index in [2.05, 4.69) is 13.8 Å². The van der Waals surface area contributed by atoms with Crippen LogP contribution in [-0.4, -0.2) is 75.1 Å². The molecule has 150 valence electrons. The van der Waals surface area contributed by atoms with Crippen molar-refractivity contribution in [3.8, 4) is 0 Å². The van der Waals surface area contributed by atoms with E-state index in [0.717, 1.165) is 6.42 Å². The molecule has 0 aromatic heterocycles. The molecule has 0 aliphatic carbocycles. The Morgan fingerprint density at radius 2 is 1.56 bits per heavy atom. The summed E-state index contributed by atoms with van der Waals surface area (Å²) < 4.78 is 27.3. The second-order valence-corrected chi connectivity index (χ2v) is 9.68. The fourth-order valence-corrected chi connectivity index (χ4v) is 5.04. The van der Waals surface area contributed by atoms with Gasteiger partial charge in [-0.05, 0) is 42.5 Å². The number of rotatable bonds is 5. The minimum atomic E-state index is -3.57. The molecule has 2 atom stereocenters. The van der Waals surface area contributed by atoms with Gasteiger partial charge >= 0.3 is 0 Å². The molecule has 2 amide bonds. The van der Waals surface area contributed by atoms with Gasteiger partial charge in [-0.25, -0.2) is 8.42 Å². The Morgan fingerprint density at radius 3 is 2.04 bits per heavy atom. The highest BCUT2D eigenvalue weighted by molar-refractivity contribution is 7.89. The van der Waals surface area contributed by atoms with Gasteiger partial charge in [-0.2, -0.15) is 4.31 Å². The van der Waals surface area contributed by atoms with E-state index in [1.807, 2.05) is 0 Å². The van der Waals surface area contributed by atoms with E-state index >= 15 is 0 Å². The molecular weight excluding hydrogens is 366 g/mol. The maximum absolute atomic E-state index is 12.9. The van der Waals surface area contributed by atoms with Gasteiger partial charge in [0.2, 0.25) is 15.9 Å². The third-order valence-corrected chi connectivity index (χ3v) is 6.64. The molecule has 27 heavy (non-hydrogen) atoms. The minimum Gasteiger partial charge on any atom is -0.347 e. The third kappa shape index (κ3) is 5.07. The molecule has 0 unspecified atom stereocenters. The number of likely N-dealkylation sites (N-methyl/N-ethyl adjacent to an activating group) is 2. The quantitative estimate of drug-likeness (QED) is 0.757. The molecule has 1 aromatic rings. The molecule has 1 aliphatic heterocycles. The number of benzene rings is 1. The summed E-state index contributed by atoms with van der Waals surface area (Å²) in [7, 11) is 1.23. The van der Waals surface area contributed by atoms with Crippen molar-refractivity contribution in [1.82, 2.24) is 14.1 Å². The molecule has 7 nitrogen and oxygen atoms in total. The molecule has 1 aromatic carbocycles. The lowest BCUT2D eigenvalue weighted by atomic mass is 9.94. The van der Waals surface area contributed by atoms with Crippen LogP contribution in [0.2, 0.25) is 0 Å². The standard InChI is InChI=1S/C19H29N3O4S/c1-14-10-15(2)12-22(11-14)27(25,26)17-8-6-16(7-9-17)19(24)21(5)13-18(23)20(3)4/h6-9,14-15H,10-13H2,1-5H3/t14-,15+. The molecule has 0 spiro atoms. The molecule has 0 saturated carbocycles. The van der Waals surface area contributed by atoms with Crippen molar-refractivity contribution in [2.45, 2.75) is 25.2 Å². The predicted octanol–water partition coefficient (Wildman–Crippen LogP) is 1.51. The summed E-state index contributed by atoms with van der Waals surface area (Å²) in [5.74, 6) is 0.146. The number of carbonyl (C=O) groups excluding carboxylic acids is 2. The topological polar surface area (TPSA) is 78.0 Å². The summed E-state index contributed by atoms with van der Waals surface area (Å²) in [5.41, 5.74) is 0.350. The van der Waals surface area contributed by atoms with Crippen LogP contribution < -0.4 is 0 Å². The first-order valence-electron chi connectivity index (χ1n) is 9.08. The van der Waals surface area contributed by atoms with Crippen molar-refractivity contribution in [2.24, 2.45) is 11.8 Å². The van der Waals surface area contributed by atoms with E-state index in [-0.39, 0.29) is 23.3 Å². The van der Waals surface area contributed by atoms with Crippen LogP contribution in [0.3, 0.4) is 0 Å². The van der Waals surface area contributed by atoms with Crippen molar-refractivity contribution < 1.29 is 18.0 Å². The first-order chi connectivity index (χ1) is 12.5. The van der Waals surface area contributed by atoms with Crippen LogP contribution >= 0.6 is 0 Å². The average Bonchev–Trinajstić information content (AvgIpc) is 2.60. The van der Waals surface area contributed by atoms with Crippen molar-refractivity contribution >= 4 is 21.8 Å². The van der Waals surface area contributed by atoms with Crippen LogP contribution in [0.5, 0.6) is 0 Å². The summed E-state index contributed by atoms with van der Waals surface area (Å²) in [4.78, 5) is 27.1. The number of nitrogens with zero attached hydrogens (tertiary/aromatic N) is 3. The molecule has 0 radical (unpaired) electrons. The number of hydrogen-bond donors (Lipinski definition) is 0. The molecule has 8 heteroatoms. The zero-order chi connectivity index (χ0) is 20.4. The fraction of sp³-hybridized carbons (Fsp3) is 0.579. The highest BCUT2D eigenvalue weighted by Gasteiger charge is 2.31. The maximum atomic E-state index is 12.9. The van der Waals surface area contributed by atoms with Gasteiger partial charge in [-0.15, -0.1) is 0 Å². The van der Waals surface area contributed by atoms with Gasteiger partial charge in [0.05, 0.1) is 11.4 Å². The number of piperidine rings is 1. The van der Waals surface area contributed by atoms with E-state index in [9.17, 15) is 18.0 Å². The van der Waals surface area contributed by atoms with Crippen LogP contribution in [0.15, 0.2) is 29.2 Å². The SMILES string of the molecule is C[C@@H]1C[C@H](C)CN(S(=O)(=O)c2ccc(C(=O)N(C)CC(=O)N(C)C)cc2)C1. The molecule has 1 saturated heterocycles. The third-order valence-electron chi connectivity index (χ3n) is 4.79. The van der Waals surface area contributed by atoms with Crippen LogP contribution in [0.25, 0.3) is 0 Å². The Labute approximate surface area is 162 Å². The summed E-state index contributed by atoms with van der Waals surface area (Å²) in [6, 6.07) is 5.94. The zero-order valence-corrected chi connectivity index (χ0v) is 17.5. The van der Waals surface area contributed by atoms with E-state index in [0.29, 0.717) is 30.5 Å². The fourth-order valence-electron chi connectivity index (χ4n) is 3.36. The Morgan fingerprint density at radius 1 is 1.04 bits per heavy atom. The van der Waals surface area contributed by atoms with E-state index in [1.54, 1.807) is 21.1 Å². The van der Waals surface area contributed by atoms with E-state index < -0.39 is 10.0 Å². The number of carbonyl (C=O) groups is 2. The lowest BCUT2D eigenvalue weighted by Crippen LogP contribution is -2.42. The Kier molecular flexibility index (Phi) is 6.64. The Hall–Kier alpha value is -1.93. The monoisotopic (exact) mass is 395 g/mol. The maximum Gasteiger partial charge on any atom is 0.254 e. The minimum absolute atomic E-state index is 0.0323. The van der Waals surface area contributed by atoms with Gasteiger partial charge in [0.25, 0.3) is 5.91 Å². The van der Waals surface area contributed by atoms with Crippen molar-refractivity contribution in [2.75, 3.05) is 40.8 Å². The van der Waals surface area contributed by atoms with Gasteiger partial charge in [0.1, 0.15) is 0 Å². The van der Waals surface area contributed by atoms with E-state index in [1.165, 1.54) is 38.4 Å². The molecule has 1 aliphatic rings. The number of hydrogen-bond acceptors (Lipinski definition) is 4. The largest absolute Gasteiger partial charge is 0.347 e. The lowest BCUT2D eigenvalue weighted by molar-refractivity contribution is -0.129. The first kappa shape index (κ1) is 21.4. The summed E-state index contributed by atoms with van der Waals surface area (Å²) >= 11 is 0. The van der Waals surface area contributed by atoms with Crippen LogP contribution in [0.1, 0.15) is 30.6 Å². The molecular formula is C19H29N3O4S. The summed E-state index contributed by atoms with van der Waals surface area (Å²) in [5, 5.41) is 0. The molecule has 2 rings (SSSR count). The van der Waals surface area contributed by atoms with Crippen molar-refractivity contribution in [3.63, 3.8) is 0 Å². The molecule has 0 bridgehead atoms. The number of sulfonamides is 1. The van der Waals surface area contributed by atoms with Gasteiger partial charge in [0.15, 0.2) is 0 Å². The second-order valence-electron chi connectivity index (χ2n) is 7.74. The zero-order valence-electron chi connectivity index (χ0n) is 16.7. The van der Waals surface area contributed by atoms with Gasteiger partial charge in [-0.1, -0.05) is 13.8 Å². The highest BCUT2D eigenvalue weighted by atomic mass is 32.2. The van der Waals surface area contributed by atoms with Crippen LogP contribution in [0.4, 0.5) is 0 Å². The smallest absolute Gasteiger partial charge is 0.254 e.